The second kappa shape index (κ2) is 7.18. The Hall–Kier alpha value is -2.03. The molecule has 4 rings (SSSR count). The molecule has 0 bridgehead atoms. The van der Waals surface area contributed by atoms with Gasteiger partial charge in [0.05, 0.1) is 22.9 Å². The molecule has 2 aromatic heterocycles. The minimum absolute atomic E-state index is 0.284. The van der Waals surface area contributed by atoms with Crippen LogP contribution in [-0.4, -0.2) is 35.5 Å². The Morgan fingerprint density at radius 1 is 1.37 bits per heavy atom. The summed E-state index contributed by atoms with van der Waals surface area (Å²) in [5.74, 6) is -0.617. The second-order valence-corrected chi connectivity index (χ2v) is 8.91. The van der Waals surface area contributed by atoms with Crippen molar-refractivity contribution < 1.29 is 13.9 Å². The van der Waals surface area contributed by atoms with Crippen LogP contribution in [0.15, 0.2) is 18.2 Å². The number of nitrogens with zero attached hydrogens (tertiary/aromatic N) is 2. The maximum absolute atomic E-state index is 13.4. The van der Waals surface area contributed by atoms with Crippen LogP contribution in [0.3, 0.4) is 0 Å². The number of rotatable bonds is 4. The van der Waals surface area contributed by atoms with Crippen LogP contribution in [0.2, 0.25) is 0 Å². The molecule has 1 aliphatic rings. The van der Waals surface area contributed by atoms with Gasteiger partial charge in [-0.3, -0.25) is 4.90 Å². The van der Waals surface area contributed by atoms with Crippen LogP contribution in [0.25, 0.3) is 10.2 Å². The Morgan fingerprint density at radius 3 is 2.93 bits per heavy atom. The zero-order chi connectivity index (χ0) is 19.1. The van der Waals surface area contributed by atoms with Crippen molar-refractivity contribution in [1.29, 1.82) is 0 Å². The molecular weight excluding hydrogens is 385 g/mol. The molecule has 0 spiro atoms. The van der Waals surface area contributed by atoms with Gasteiger partial charge in [-0.2, -0.15) is 0 Å². The van der Waals surface area contributed by atoms with Gasteiger partial charge < -0.3 is 10.1 Å². The number of nitrogens with one attached hydrogen (secondary N) is 1. The molecule has 0 aliphatic carbocycles. The smallest absolute Gasteiger partial charge is 0.341 e. The van der Waals surface area contributed by atoms with Gasteiger partial charge in [0, 0.05) is 24.0 Å². The molecule has 3 heterocycles. The van der Waals surface area contributed by atoms with Crippen LogP contribution in [-0.2, 0) is 17.7 Å². The molecule has 1 N–H and O–H groups in total. The fraction of sp³-hybridized carbons (Fsp3) is 0.368. The van der Waals surface area contributed by atoms with Crippen molar-refractivity contribution in [3.8, 4) is 0 Å². The third kappa shape index (κ3) is 3.44. The average Bonchev–Trinajstić information content (AvgIpc) is 3.20. The topological polar surface area (TPSA) is 54.5 Å². The fourth-order valence-electron chi connectivity index (χ4n) is 3.32. The molecule has 8 heteroatoms. The molecule has 27 heavy (non-hydrogen) atoms. The first-order valence-electron chi connectivity index (χ1n) is 8.76. The zero-order valence-corrected chi connectivity index (χ0v) is 17.0. The Balaban J connectivity index is 1.71. The molecule has 1 aromatic carbocycles. The van der Waals surface area contributed by atoms with E-state index in [1.54, 1.807) is 17.4 Å². The van der Waals surface area contributed by atoms with Crippen molar-refractivity contribution >= 4 is 49.0 Å². The molecule has 0 radical (unpaired) electrons. The van der Waals surface area contributed by atoms with Gasteiger partial charge in [-0.15, -0.1) is 11.3 Å². The number of hydrogen-bond acceptors (Lipinski definition) is 7. The van der Waals surface area contributed by atoms with Gasteiger partial charge >= 0.3 is 5.97 Å². The SMILES string of the molecule is COC(=O)c1c(Nc2nc3ccc(F)cc3s2)sc2c1CCN(C(C)C)C2. The summed E-state index contributed by atoms with van der Waals surface area (Å²) in [6, 6.07) is 4.99. The second-order valence-electron chi connectivity index (χ2n) is 6.77. The Morgan fingerprint density at radius 2 is 2.19 bits per heavy atom. The summed E-state index contributed by atoms with van der Waals surface area (Å²) in [5, 5.41) is 4.67. The summed E-state index contributed by atoms with van der Waals surface area (Å²) in [7, 11) is 1.40. The fourth-order valence-corrected chi connectivity index (χ4v) is 5.54. The first-order valence-corrected chi connectivity index (χ1v) is 10.4. The maximum Gasteiger partial charge on any atom is 0.341 e. The lowest BCUT2D eigenvalue weighted by molar-refractivity contribution is 0.0600. The predicted octanol–water partition coefficient (Wildman–Crippen LogP) is 4.79. The molecule has 1 aliphatic heterocycles. The first kappa shape index (κ1) is 18.3. The number of anilines is 2. The number of thiophene rings is 1. The van der Waals surface area contributed by atoms with Gasteiger partial charge in [0.1, 0.15) is 10.8 Å². The maximum atomic E-state index is 13.4. The lowest BCUT2D eigenvalue weighted by atomic mass is 10.0. The standard InChI is InChI=1S/C19H20FN3O2S2/c1-10(2)23-7-6-12-15(9-23)26-17(16(12)18(24)25-3)22-19-21-13-5-4-11(20)8-14(13)27-19/h4-5,8,10H,6-7,9H2,1-3H3,(H,21,22). The number of halogens is 1. The van der Waals surface area contributed by atoms with Gasteiger partial charge in [-0.25, -0.2) is 14.2 Å². The Labute approximate surface area is 164 Å². The summed E-state index contributed by atoms with van der Waals surface area (Å²) in [6.07, 6.45) is 0.821. The zero-order valence-electron chi connectivity index (χ0n) is 15.3. The largest absolute Gasteiger partial charge is 0.465 e. The summed E-state index contributed by atoms with van der Waals surface area (Å²) in [6.45, 7) is 6.11. The third-order valence-corrected chi connectivity index (χ3v) is 6.84. The van der Waals surface area contributed by atoms with Crippen molar-refractivity contribution in [2.45, 2.75) is 32.9 Å². The normalized spacial score (nSPS) is 14.6. The lowest BCUT2D eigenvalue weighted by Gasteiger charge is -2.30. The van der Waals surface area contributed by atoms with Gasteiger partial charge in [-0.05, 0) is 44.0 Å². The quantitative estimate of drug-likeness (QED) is 0.632. The number of thiazole rings is 1. The number of benzene rings is 1. The van der Waals surface area contributed by atoms with E-state index in [9.17, 15) is 9.18 Å². The highest BCUT2D eigenvalue weighted by Gasteiger charge is 2.29. The number of aromatic nitrogens is 1. The summed E-state index contributed by atoms with van der Waals surface area (Å²) >= 11 is 2.94. The van der Waals surface area contributed by atoms with Gasteiger partial charge in [-0.1, -0.05) is 11.3 Å². The Bertz CT molecular complexity index is 1010. The molecule has 5 nitrogen and oxygen atoms in total. The highest BCUT2D eigenvalue weighted by molar-refractivity contribution is 7.23. The molecule has 0 amide bonds. The van der Waals surface area contributed by atoms with Gasteiger partial charge in [0.25, 0.3) is 0 Å². The van der Waals surface area contributed by atoms with E-state index in [0.29, 0.717) is 16.7 Å². The van der Waals surface area contributed by atoms with Crippen molar-refractivity contribution in [3.05, 3.63) is 40.0 Å². The summed E-state index contributed by atoms with van der Waals surface area (Å²) < 4.78 is 19.2. The van der Waals surface area contributed by atoms with E-state index in [1.807, 2.05) is 0 Å². The minimum Gasteiger partial charge on any atom is -0.465 e. The van der Waals surface area contributed by atoms with E-state index in [-0.39, 0.29) is 11.8 Å². The molecule has 0 saturated heterocycles. The summed E-state index contributed by atoms with van der Waals surface area (Å²) in [5.41, 5.74) is 2.40. The monoisotopic (exact) mass is 405 g/mol. The van der Waals surface area contributed by atoms with Gasteiger partial charge in [0.2, 0.25) is 0 Å². The van der Waals surface area contributed by atoms with Crippen molar-refractivity contribution in [2.75, 3.05) is 19.0 Å². The molecule has 142 valence electrons. The number of hydrogen-bond donors (Lipinski definition) is 1. The lowest BCUT2D eigenvalue weighted by Crippen LogP contribution is -2.35. The molecule has 3 aromatic rings. The third-order valence-electron chi connectivity index (χ3n) is 4.78. The molecule has 0 saturated carbocycles. The highest BCUT2D eigenvalue weighted by Crippen LogP contribution is 2.40. The van der Waals surface area contributed by atoms with E-state index in [2.05, 4.69) is 29.0 Å². The van der Waals surface area contributed by atoms with Crippen molar-refractivity contribution in [1.82, 2.24) is 9.88 Å². The number of esters is 1. The molecule has 0 unspecified atom stereocenters. The van der Waals surface area contributed by atoms with E-state index in [1.165, 1.54) is 35.5 Å². The molecule has 0 atom stereocenters. The van der Waals surface area contributed by atoms with E-state index in [0.717, 1.165) is 40.3 Å². The van der Waals surface area contributed by atoms with Crippen molar-refractivity contribution in [2.24, 2.45) is 0 Å². The van der Waals surface area contributed by atoms with Crippen LogP contribution in [0.4, 0.5) is 14.5 Å². The molecular formula is C19H20FN3O2S2. The Kier molecular flexibility index (Phi) is 4.88. The van der Waals surface area contributed by atoms with E-state index >= 15 is 0 Å². The number of methoxy groups -OCH3 is 1. The number of carbonyl (C=O) groups is 1. The highest BCUT2D eigenvalue weighted by atomic mass is 32.1. The predicted molar refractivity (Wildman–Crippen MR) is 108 cm³/mol. The number of fused-ring (bicyclic) bond motifs is 2. The number of carbonyl (C=O) groups excluding carboxylic acids is 1. The summed E-state index contributed by atoms with van der Waals surface area (Å²) in [4.78, 5) is 20.5. The van der Waals surface area contributed by atoms with Crippen LogP contribution >= 0.6 is 22.7 Å². The van der Waals surface area contributed by atoms with Crippen molar-refractivity contribution in [3.63, 3.8) is 0 Å². The minimum atomic E-state index is -0.333. The number of ether oxygens (including phenoxy) is 1. The molecule has 0 fully saturated rings. The first-order chi connectivity index (χ1) is 13.0. The van der Waals surface area contributed by atoms with Crippen LogP contribution < -0.4 is 5.32 Å². The van der Waals surface area contributed by atoms with E-state index in [4.69, 9.17) is 4.74 Å². The van der Waals surface area contributed by atoms with Crippen LogP contribution in [0, 0.1) is 5.82 Å². The average molecular weight is 406 g/mol. The van der Waals surface area contributed by atoms with E-state index < -0.39 is 0 Å². The van der Waals surface area contributed by atoms with Crippen LogP contribution in [0.5, 0.6) is 0 Å². The van der Waals surface area contributed by atoms with Crippen LogP contribution in [0.1, 0.15) is 34.6 Å². The van der Waals surface area contributed by atoms with Gasteiger partial charge in [0.15, 0.2) is 5.13 Å².